The van der Waals surface area contributed by atoms with Gasteiger partial charge in [0.15, 0.2) is 0 Å². The topological polar surface area (TPSA) is 63.6 Å². The van der Waals surface area contributed by atoms with Crippen LogP contribution in [0.1, 0.15) is 19.8 Å². The largest absolute Gasteiger partial charge is 0.466 e. The lowest BCUT2D eigenvalue weighted by Gasteiger charge is -2.10. The average molecular weight is 258 g/mol. The van der Waals surface area contributed by atoms with Crippen molar-refractivity contribution in [3.8, 4) is 0 Å². The molecule has 1 unspecified atom stereocenters. The van der Waals surface area contributed by atoms with E-state index in [1.165, 1.54) is 0 Å². The second kappa shape index (κ2) is 7.40. The minimum Gasteiger partial charge on any atom is -0.466 e. The molecule has 0 aliphatic rings. The molecule has 17 heavy (non-hydrogen) atoms. The summed E-state index contributed by atoms with van der Waals surface area (Å²) in [5.41, 5.74) is 1.98. The molecule has 0 amide bonds. The summed E-state index contributed by atoms with van der Waals surface area (Å²) in [5.74, 6) is -0.824. The molecular formula is C12H22O4Si. The first kappa shape index (κ1) is 16.1. The van der Waals surface area contributed by atoms with Crippen molar-refractivity contribution in [3.63, 3.8) is 0 Å². The summed E-state index contributed by atoms with van der Waals surface area (Å²) in [7, 11) is -1.36. The quantitative estimate of drug-likeness (QED) is 0.429. The van der Waals surface area contributed by atoms with Crippen LogP contribution in [0.4, 0.5) is 0 Å². The number of hydrogen-bond donors (Lipinski definition) is 1. The van der Waals surface area contributed by atoms with Crippen molar-refractivity contribution in [3.05, 3.63) is 11.8 Å². The Morgan fingerprint density at radius 2 is 1.94 bits per heavy atom. The van der Waals surface area contributed by atoms with E-state index >= 15 is 0 Å². The number of ether oxygens (including phenoxy) is 1. The molecule has 98 valence electrons. The zero-order chi connectivity index (χ0) is 13.5. The van der Waals surface area contributed by atoms with Gasteiger partial charge in [-0.25, -0.2) is 0 Å². The molecule has 0 fully saturated rings. The number of carbonyl (C=O) groups is 2. The molecule has 0 aromatic heterocycles. The second-order valence-corrected chi connectivity index (χ2v) is 10.1. The number of esters is 1. The molecule has 0 spiro atoms. The normalized spacial score (nSPS) is 13.7. The number of carbonyl (C=O) groups excluding carboxylic acids is 2. The van der Waals surface area contributed by atoms with Gasteiger partial charge in [-0.3, -0.25) is 9.59 Å². The molecule has 0 saturated carbocycles. The summed E-state index contributed by atoms with van der Waals surface area (Å²) in [6.07, 6.45) is 0.560. The van der Waals surface area contributed by atoms with Crippen LogP contribution in [-0.4, -0.2) is 37.6 Å². The van der Waals surface area contributed by atoms with Crippen LogP contribution in [0.2, 0.25) is 19.6 Å². The Hall–Kier alpha value is -0.943. The van der Waals surface area contributed by atoms with E-state index in [-0.39, 0.29) is 25.2 Å². The Labute approximate surface area is 104 Å². The van der Waals surface area contributed by atoms with Crippen molar-refractivity contribution in [1.82, 2.24) is 0 Å². The summed E-state index contributed by atoms with van der Waals surface area (Å²) in [4.78, 5) is 22.4. The monoisotopic (exact) mass is 258 g/mol. The molecular weight excluding hydrogens is 236 g/mol. The van der Waals surface area contributed by atoms with Crippen LogP contribution in [0.15, 0.2) is 11.8 Å². The highest BCUT2D eigenvalue weighted by atomic mass is 28.3. The van der Waals surface area contributed by atoms with Gasteiger partial charge in [-0.1, -0.05) is 31.4 Å². The Bertz CT molecular complexity index is 291. The fourth-order valence-corrected chi connectivity index (χ4v) is 1.95. The van der Waals surface area contributed by atoms with E-state index in [1.54, 1.807) is 13.0 Å². The van der Waals surface area contributed by atoms with Gasteiger partial charge in [0.2, 0.25) is 0 Å². The van der Waals surface area contributed by atoms with Gasteiger partial charge in [0.05, 0.1) is 20.8 Å². The van der Waals surface area contributed by atoms with Crippen LogP contribution >= 0.6 is 0 Å². The van der Waals surface area contributed by atoms with E-state index in [1.807, 2.05) is 5.70 Å². The number of rotatable bonds is 7. The molecule has 0 rings (SSSR count). The molecule has 0 heterocycles. The van der Waals surface area contributed by atoms with Gasteiger partial charge in [0.25, 0.3) is 0 Å². The van der Waals surface area contributed by atoms with Gasteiger partial charge in [-0.2, -0.15) is 0 Å². The smallest absolute Gasteiger partial charge is 0.313 e. The molecule has 0 bridgehead atoms. The Morgan fingerprint density at radius 3 is 2.41 bits per heavy atom. The van der Waals surface area contributed by atoms with Gasteiger partial charge in [-0.15, -0.1) is 0 Å². The zero-order valence-electron chi connectivity index (χ0n) is 11.0. The lowest BCUT2D eigenvalue weighted by molar-refractivity contribution is -0.145. The minimum atomic E-state index is -1.36. The van der Waals surface area contributed by atoms with E-state index in [0.717, 1.165) is 0 Å². The summed E-state index contributed by atoms with van der Waals surface area (Å²) < 4.78 is 4.66. The first-order valence-electron chi connectivity index (χ1n) is 5.79. The SMILES string of the molecule is CCOC(=O)CC(=O)CC(O)C=C[Si](C)(C)C. The predicted octanol–water partition coefficient (Wildman–Crippen LogP) is 1.69. The van der Waals surface area contributed by atoms with E-state index in [2.05, 4.69) is 24.4 Å². The fraction of sp³-hybridized carbons (Fsp3) is 0.667. The maximum absolute atomic E-state index is 11.4. The Morgan fingerprint density at radius 1 is 1.35 bits per heavy atom. The molecule has 0 radical (unpaired) electrons. The van der Waals surface area contributed by atoms with Crippen molar-refractivity contribution in [1.29, 1.82) is 0 Å². The number of ketones is 1. The Kier molecular flexibility index (Phi) is 6.99. The maximum Gasteiger partial charge on any atom is 0.313 e. The number of aliphatic hydroxyl groups excluding tert-OH is 1. The fourth-order valence-electron chi connectivity index (χ4n) is 1.15. The lowest BCUT2D eigenvalue weighted by atomic mass is 10.1. The molecule has 4 nitrogen and oxygen atoms in total. The van der Waals surface area contributed by atoms with Crippen molar-refractivity contribution < 1.29 is 19.4 Å². The average Bonchev–Trinajstić information content (AvgIpc) is 2.13. The molecule has 1 atom stereocenters. The van der Waals surface area contributed by atoms with E-state index in [4.69, 9.17) is 0 Å². The van der Waals surface area contributed by atoms with Gasteiger partial charge < -0.3 is 9.84 Å². The molecule has 0 aliphatic heterocycles. The zero-order valence-corrected chi connectivity index (χ0v) is 12.0. The summed E-state index contributed by atoms with van der Waals surface area (Å²) in [6.45, 7) is 8.36. The van der Waals surface area contributed by atoms with Gasteiger partial charge in [0, 0.05) is 6.42 Å². The molecule has 0 saturated heterocycles. The second-order valence-electron chi connectivity index (χ2n) is 5.02. The summed E-state index contributed by atoms with van der Waals surface area (Å²) >= 11 is 0. The van der Waals surface area contributed by atoms with Crippen molar-refractivity contribution in [2.24, 2.45) is 0 Å². The third-order valence-electron chi connectivity index (χ3n) is 1.90. The van der Waals surface area contributed by atoms with Crippen LogP contribution in [0.3, 0.4) is 0 Å². The highest BCUT2D eigenvalue weighted by Gasteiger charge is 2.14. The van der Waals surface area contributed by atoms with Gasteiger partial charge in [-0.05, 0) is 6.92 Å². The number of hydrogen-bond acceptors (Lipinski definition) is 4. The molecule has 5 heteroatoms. The van der Waals surface area contributed by atoms with Crippen molar-refractivity contribution >= 4 is 19.8 Å². The van der Waals surface area contributed by atoms with Crippen molar-refractivity contribution in [2.45, 2.75) is 45.5 Å². The Balaban J connectivity index is 4.04. The summed E-state index contributed by atoms with van der Waals surface area (Å²) in [5, 5.41) is 9.59. The third-order valence-corrected chi connectivity index (χ3v) is 3.09. The molecule has 0 aliphatic carbocycles. The summed E-state index contributed by atoms with van der Waals surface area (Å²) in [6, 6.07) is 0. The number of Topliss-reactive ketones (excluding diaryl/α,β-unsaturated/α-hetero) is 1. The van der Waals surface area contributed by atoms with Gasteiger partial charge >= 0.3 is 5.97 Å². The van der Waals surface area contributed by atoms with Crippen LogP contribution < -0.4 is 0 Å². The molecule has 0 aromatic carbocycles. The highest BCUT2D eigenvalue weighted by molar-refractivity contribution is 6.80. The van der Waals surface area contributed by atoms with E-state index < -0.39 is 20.1 Å². The van der Waals surface area contributed by atoms with Crippen LogP contribution in [0.5, 0.6) is 0 Å². The van der Waals surface area contributed by atoms with Crippen LogP contribution in [0, 0.1) is 0 Å². The lowest BCUT2D eigenvalue weighted by Crippen LogP contribution is -2.19. The third kappa shape index (κ3) is 9.96. The van der Waals surface area contributed by atoms with E-state index in [9.17, 15) is 14.7 Å². The van der Waals surface area contributed by atoms with Crippen LogP contribution in [0.25, 0.3) is 0 Å². The predicted molar refractivity (Wildman–Crippen MR) is 69.4 cm³/mol. The molecule has 0 aromatic rings. The molecule has 1 N–H and O–H groups in total. The minimum absolute atomic E-state index is 0.0280. The first-order valence-corrected chi connectivity index (χ1v) is 9.37. The van der Waals surface area contributed by atoms with Gasteiger partial charge in [0.1, 0.15) is 12.2 Å². The first-order chi connectivity index (χ1) is 7.74. The maximum atomic E-state index is 11.4. The number of aliphatic hydroxyl groups is 1. The standard InChI is InChI=1S/C12H22O4Si/c1-5-16-12(15)9-11(14)8-10(13)6-7-17(2,3)4/h6-7,10,13H,5,8-9H2,1-4H3. The van der Waals surface area contributed by atoms with Crippen molar-refractivity contribution in [2.75, 3.05) is 6.61 Å². The van der Waals surface area contributed by atoms with Crippen LogP contribution in [-0.2, 0) is 14.3 Å². The van der Waals surface area contributed by atoms with E-state index in [0.29, 0.717) is 0 Å². The highest BCUT2D eigenvalue weighted by Crippen LogP contribution is 2.05.